The van der Waals surface area contributed by atoms with E-state index in [1.165, 1.54) is 0 Å². The average Bonchev–Trinajstić information content (AvgIpc) is 2.41. The van der Waals surface area contributed by atoms with Crippen molar-refractivity contribution in [3.63, 3.8) is 0 Å². The molecule has 0 heterocycles. The molecule has 0 aliphatic carbocycles. The highest BCUT2D eigenvalue weighted by Gasteiger charge is 2.07. The van der Waals surface area contributed by atoms with Gasteiger partial charge >= 0.3 is 0 Å². The smallest absolute Gasteiger partial charge is 0.146 e. The number of nitriles is 1. The zero-order valence-electron chi connectivity index (χ0n) is 10.3. The molecule has 0 fully saturated rings. The van der Waals surface area contributed by atoms with Crippen molar-refractivity contribution in [1.29, 1.82) is 5.26 Å². The Morgan fingerprint density at radius 3 is 2.42 bits per heavy atom. The summed E-state index contributed by atoms with van der Waals surface area (Å²) in [6.07, 6.45) is -0.568. The lowest BCUT2D eigenvalue weighted by Gasteiger charge is -2.10. The molecule has 1 atom stereocenters. The summed E-state index contributed by atoms with van der Waals surface area (Å²) in [5.74, 6) is 1.11. The van der Waals surface area contributed by atoms with Crippen molar-refractivity contribution in [3.05, 3.63) is 58.6 Å². The van der Waals surface area contributed by atoms with E-state index in [9.17, 15) is 5.11 Å². The molecule has 0 saturated heterocycles. The fourth-order valence-corrected chi connectivity index (χ4v) is 1.81. The molecular formula is C15H12ClNO2. The third-order valence-electron chi connectivity index (χ3n) is 2.65. The normalized spacial score (nSPS) is 11.7. The summed E-state index contributed by atoms with van der Waals surface area (Å²) in [4.78, 5) is 0. The molecule has 1 N–H and O–H groups in total. The second-order valence-electron chi connectivity index (χ2n) is 4.10. The molecule has 3 nitrogen and oxygen atoms in total. The Balaban J connectivity index is 2.21. The quantitative estimate of drug-likeness (QED) is 0.917. The van der Waals surface area contributed by atoms with Gasteiger partial charge in [0.15, 0.2) is 0 Å². The van der Waals surface area contributed by atoms with Crippen molar-refractivity contribution in [1.82, 2.24) is 0 Å². The summed E-state index contributed by atoms with van der Waals surface area (Å²) < 4.78 is 5.62. The second kappa shape index (κ2) is 5.75. The Morgan fingerprint density at radius 1 is 1.21 bits per heavy atom. The second-order valence-corrected chi connectivity index (χ2v) is 4.51. The molecule has 2 aromatic carbocycles. The molecule has 2 aromatic rings. The van der Waals surface area contributed by atoms with Gasteiger partial charge in [0.25, 0.3) is 0 Å². The van der Waals surface area contributed by atoms with Crippen LogP contribution in [0.4, 0.5) is 0 Å². The maximum Gasteiger partial charge on any atom is 0.146 e. The highest BCUT2D eigenvalue weighted by Crippen LogP contribution is 2.31. The van der Waals surface area contributed by atoms with E-state index < -0.39 is 6.10 Å². The molecule has 19 heavy (non-hydrogen) atoms. The molecule has 0 spiro atoms. The van der Waals surface area contributed by atoms with Crippen LogP contribution in [-0.2, 0) is 0 Å². The lowest BCUT2D eigenvalue weighted by Crippen LogP contribution is -1.92. The number of nitrogens with zero attached hydrogens (tertiary/aromatic N) is 1. The fraction of sp³-hybridized carbons (Fsp3) is 0.133. The Morgan fingerprint density at radius 2 is 1.89 bits per heavy atom. The molecule has 0 saturated carbocycles. The molecule has 0 aliphatic rings. The number of hydrogen-bond donors (Lipinski definition) is 1. The molecule has 96 valence electrons. The van der Waals surface area contributed by atoms with Gasteiger partial charge in [-0.2, -0.15) is 5.26 Å². The van der Waals surface area contributed by atoms with Gasteiger partial charge in [-0.15, -0.1) is 0 Å². The number of aliphatic hydroxyl groups is 1. The summed E-state index contributed by atoms with van der Waals surface area (Å²) >= 11 is 6.09. The van der Waals surface area contributed by atoms with Gasteiger partial charge in [-0.05, 0) is 48.9 Å². The summed E-state index contributed by atoms with van der Waals surface area (Å²) in [7, 11) is 0. The Kier molecular flexibility index (Phi) is 4.06. The number of rotatable bonds is 3. The number of benzene rings is 2. The van der Waals surface area contributed by atoms with E-state index in [0.717, 1.165) is 5.56 Å². The van der Waals surface area contributed by atoms with Gasteiger partial charge in [0.05, 0.1) is 22.8 Å². The van der Waals surface area contributed by atoms with E-state index in [4.69, 9.17) is 21.6 Å². The van der Waals surface area contributed by atoms with Crippen molar-refractivity contribution in [2.75, 3.05) is 0 Å². The van der Waals surface area contributed by atoms with Crippen LogP contribution >= 0.6 is 11.6 Å². The van der Waals surface area contributed by atoms with Crippen molar-refractivity contribution in [2.45, 2.75) is 13.0 Å². The summed E-state index contributed by atoms with van der Waals surface area (Å²) in [6, 6.07) is 13.9. The monoisotopic (exact) mass is 273 g/mol. The van der Waals surface area contributed by atoms with Crippen LogP contribution < -0.4 is 4.74 Å². The van der Waals surface area contributed by atoms with Gasteiger partial charge in [0.1, 0.15) is 11.5 Å². The van der Waals surface area contributed by atoms with Crippen LogP contribution in [0.2, 0.25) is 5.02 Å². The highest BCUT2D eigenvalue weighted by molar-refractivity contribution is 6.32. The van der Waals surface area contributed by atoms with Gasteiger partial charge < -0.3 is 9.84 Å². The SMILES string of the molecule is CC(O)c1ccc(Oc2ccc(C#N)cc2)c(Cl)c1. The summed E-state index contributed by atoms with van der Waals surface area (Å²) in [6.45, 7) is 1.67. The van der Waals surface area contributed by atoms with Crippen LogP contribution in [0.3, 0.4) is 0 Å². The predicted octanol–water partition coefficient (Wildman–Crippen LogP) is 4.06. The molecule has 0 aromatic heterocycles. The van der Waals surface area contributed by atoms with E-state index in [2.05, 4.69) is 0 Å². The van der Waals surface area contributed by atoms with E-state index in [-0.39, 0.29) is 0 Å². The van der Waals surface area contributed by atoms with Crippen LogP contribution in [0.1, 0.15) is 24.2 Å². The zero-order valence-corrected chi connectivity index (χ0v) is 11.1. The third kappa shape index (κ3) is 3.25. The first-order valence-corrected chi connectivity index (χ1v) is 6.13. The van der Waals surface area contributed by atoms with Crippen LogP contribution in [0.5, 0.6) is 11.5 Å². The lowest BCUT2D eigenvalue weighted by molar-refractivity contribution is 0.199. The molecule has 0 radical (unpaired) electrons. The summed E-state index contributed by atoms with van der Waals surface area (Å²) in [5, 5.41) is 18.6. The average molecular weight is 274 g/mol. The number of halogens is 1. The first-order chi connectivity index (χ1) is 9.10. The molecule has 0 aliphatic heterocycles. The third-order valence-corrected chi connectivity index (χ3v) is 2.94. The topological polar surface area (TPSA) is 53.2 Å². The van der Waals surface area contributed by atoms with Crippen LogP contribution in [0.15, 0.2) is 42.5 Å². The van der Waals surface area contributed by atoms with Gasteiger partial charge in [0, 0.05) is 0 Å². The van der Waals surface area contributed by atoms with Crippen LogP contribution in [-0.4, -0.2) is 5.11 Å². The van der Waals surface area contributed by atoms with E-state index in [0.29, 0.717) is 22.1 Å². The number of hydrogen-bond acceptors (Lipinski definition) is 3. The predicted molar refractivity (Wildman–Crippen MR) is 73.3 cm³/mol. The Bertz CT molecular complexity index is 615. The maximum atomic E-state index is 9.46. The van der Waals surface area contributed by atoms with Gasteiger partial charge in [-0.3, -0.25) is 0 Å². The maximum absolute atomic E-state index is 9.46. The number of aliphatic hydroxyl groups excluding tert-OH is 1. The van der Waals surface area contributed by atoms with Crippen molar-refractivity contribution < 1.29 is 9.84 Å². The minimum atomic E-state index is -0.568. The zero-order chi connectivity index (χ0) is 13.8. The lowest BCUT2D eigenvalue weighted by atomic mass is 10.1. The molecule has 0 bridgehead atoms. The van der Waals surface area contributed by atoms with Crippen molar-refractivity contribution in [3.8, 4) is 17.6 Å². The molecule has 0 amide bonds. The summed E-state index contributed by atoms with van der Waals surface area (Å²) in [5.41, 5.74) is 1.31. The van der Waals surface area contributed by atoms with Crippen molar-refractivity contribution in [2.24, 2.45) is 0 Å². The Labute approximate surface area is 116 Å². The molecule has 1 unspecified atom stereocenters. The molecular weight excluding hydrogens is 262 g/mol. The first-order valence-electron chi connectivity index (χ1n) is 5.75. The van der Waals surface area contributed by atoms with Crippen LogP contribution in [0.25, 0.3) is 0 Å². The molecule has 2 rings (SSSR count). The van der Waals surface area contributed by atoms with Crippen LogP contribution in [0, 0.1) is 11.3 Å². The fourth-order valence-electron chi connectivity index (χ4n) is 1.58. The standard InChI is InChI=1S/C15H12ClNO2/c1-10(18)12-4-7-15(14(16)8-12)19-13-5-2-11(9-17)3-6-13/h2-8,10,18H,1H3. The Hall–Kier alpha value is -2.02. The van der Waals surface area contributed by atoms with Gasteiger partial charge in [0.2, 0.25) is 0 Å². The van der Waals surface area contributed by atoms with E-state index >= 15 is 0 Å². The van der Waals surface area contributed by atoms with Gasteiger partial charge in [-0.1, -0.05) is 17.7 Å². The van der Waals surface area contributed by atoms with Crippen molar-refractivity contribution >= 4 is 11.6 Å². The van der Waals surface area contributed by atoms with E-state index in [1.54, 1.807) is 49.4 Å². The first kappa shape index (κ1) is 13.4. The minimum Gasteiger partial charge on any atom is -0.456 e. The van der Waals surface area contributed by atoms with E-state index in [1.807, 2.05) is 6.07 Å². The molecule has 4 heteroatoms. The number of ether oxygens (including phenoxy) is 1. The minimum absolute atomic E-state index is 0.433. The highest BCUT2D eigenvalue weighted by atomic mass is 35.5. The van der Waals surface area contributed by atoms with Gasteiger partial charge in [-0.25, -0.2) is 0 Å². The largest absolute Gasteiger partial charge is 0.456 e.